The normalized spacial score (nSPS) is 18.0. The first-order valence-corrected chi connectivity index (χ1v) is 9.38. The summed E-state index contributed by atoms with van der Waals surface area (Å²) in [5.41, 5.74) is 1.03. The number of amides is 1. The lowest BCUT2D eigenvalue weighted by Gasteiger charge is -2.25. The van der Waals surface area contributed by atoms with Gasteiger partial charge in [-0.15, -0.1) is 11.3 Å². The Morgan fingerprint density at radius 3 is 2.62 bits per heavy atom. The molecule has 2 heterocycles. The Morgan fingerprint density at radius 2 is 1.96 bits per heavy atom. The van der Waals surface area contributed by atoms with Crippen LogP contribution in [0.2, 0.25) is 0 Å². The number of Topliss-reactive ketones (excluding diaryl/α,β-unsaturated/α-hetero) is 1. The Hall–Kier alpha value is -2.47. The van der Waals surface area contributed by atoms with Crippen molar-refractivity contribution in [1.29, 1.82) is 0 Å². The van der Waals surface area contributed by atoms with Crippen LogP contribution in [0.25, 0.3) is 0 Å². The third-order valence-electron chi connectivity index (χ3n) is 4.60. The Bertz CT molecular complexity index is 814. The lowest BCUT2D eigenvalue weighted by molar-refractivity contribution is -0.147. The van der Waals surface area contributed by atoms with E-state index in [4.69, 9.17) is 4.74 Å². The molecular weight excluding hydrogens is 350 g/mol. The summed E-state index contributed by atoms with van der Waals surface area (Å²) < 4.78 is 5.17. The fraction of sp³-hybridized carbons (Fsp3) is 0.350. The van der Waals surface area contributed by atoms with E-state index in [0.717, 1.165) is 10.4 Å². The lowest BCUT2D eigenvalue weighted by atomic mass is 10.1. The maximum atomic E-state index is 12.3. The van der Waals surface area contributed by atoms with Crippen LogP contribution in [0.3, 0.4) is 0 Å². The molecule has 2 atom stereocenters. The van der Waals surface area contributed by atoms with Crippen LogP contribution < -0.4 is 0 Å². The molecule has 136 valence electrons. The summed E-state index contributed by atoms with van der Waals surface area (Å²) in [6.07, 6.45) is 0.127. The molecule has 1 saturated heterocycles. The van der Waals surface area contributed by atoms with Crippen LogP contribution in [0.4, 0.5) is 0 Å². The number of hydrogen-bond donors (Lipinski definition) is 0. The summed E-state index contributed by atoms with van der Waals surface area (Å²) in [5, 5.41) is 0. The Balaban J connectivity index is 1.56. The van der Waals surface area contributed by atoms with Crippen molar-refractivity contribution in [3.05, 3.63) is 57.8 Å². The van der Waals surface area contributed by atoms with E-state index in [9.17, 15) is 14.4 Å². The summed E-state index contributed by atoms with van der Waals surface area (Å²) in [6, 6.07) is 13.2. The summed E-state index contributed by atoms with van der Waals surface area (Å²) in [7, 11) is 0. The van der Waals surface area contributed by atoms with E-state index >= 15 is 0 Å². The quantitative estimate of drug-likeness (QED) is 0.577. The molecule has 2 aromatic rings. The van der Waals surface area contributed by atoms with Crippen molar-refractivity contribution >= 4 is 29.0 Å². The molecule has 1 aliphatic heterocycles. The standard InChI is InChI=1S/C20H21NO4S/c1-13-8-9-18(26-13)17(22)12-25-20(24)16-10-19(23)21(11-16)14(2)15-6-4-3-5-7-15/h3-9,14,16H,10-12H2,1-2H3/t14-,16-/m1/s1. The highest BCUT2D eigenvalue weighted by atomic mass is 32.1. The lowest BCUT2D eigenvalue weighted by Crippen LogP contribution is -2.30. The molecule has 0 unspecified atom stereocenters. The molecule has 5 nitrogen and oxygen atoms in total. The number of thiophene rings is 1. The summed E-state index contributed by atoms with van der Waals surface area (Å²) in [4.78, 5) is 40.0. The summed E-state index contributed by atoms with van der Waals surface area (Å²) >= 11 is 1.38. The minimum absolute atomic E-state index is 0.0662. The second-order valence-electron chi connectivity index (χ2n) is 6.47. The summed E-state index contributed by atoms with van der Waals surface area (Å²) in [6.45, 7) is 3.90. The smallest absolute Gasteiger partial charge is 0.311 e. The number of carbonyl (C=O) groups excluding carboxylic acids is 3. The van der Waals surface area contributed by atoms with Gasteiger partial charge in [-0.05, 0) is 31.5 Å². The van der Waals surface area contributed by atoms with Crippen molar-refractivity contribution in [3.63, 3.8) is 0 Å². The number of nitrogens with zero attached hydrogens (tertiary/aromatic N) is 1. The summed E-state index contributed by atoms with van der Waals surface area (Å²) in [5.74, 6) is -1.28. The van der Waals surface area contributed by atoms with Gasteiger partial charge in [0, 0.05) is 17.8 Å². The third kappa shape index (κ3) is 4.02. The van der Waals surface area contributed by atoms with E-state index in [-0.39, 0.29) is 30.8 Å². The fourth-order valence-corrected chi connectivity index (χ4v) is 3.88. The van der Waals surface area contributed by atoms with Gasteiger partial charge < -0.3 is 9.64 Å². The molecular formula is C20H21NO4S. The molecule has 1 aromatic carbocycles. The molecule has 1 aromatic heterocycles. The van der Waals surface area contributed by atoms with E-state index < -0.39 is 11.9 Å². The van der Waals surface area contributed by atoms with Crippen LogP contribution in [-0.2, 0) is 14.3 Å². The molecule has 3 rings (SSSR count). The van der Waals surface area contributed by atoms with Gasteiger partial charge in [0.25, 0.3) is 0 Å². The zero-order valence-electron chi connectivity index (χ0n) is 14.8. The molecule has 0 N–H and O–H groups in total. The van der Waals surface area contributed by atoms with E-state index in [2.05, 4.69) is 0 Å². The van der Waals surface area contributed by atoms with Crippen LogP contribution in [0.5, 0.6) is 0 Å². The molecule has 1 aliphatic rings. The van der Waals surface area contributed by atoms with Gasteiger partial charge >= 0.3 is 5.97 Å². The number of carbonyl (C=O) groups is 3. The zero-order chi connectivity index (χ0) is 18.7. The number of ketones is 1. The van der Waals surface area contributed by atoms with Gasteiger partial charge in [-0.25, -0.2) is 0 Å². The van der Waals surface area contributed by atoms with Gasteiger partial charge in [-0.1, -0.05) is 30.3 Å². The average molecular weight is 371 g/mol. The van der Waals surface area contributed by atoms with Gasteiger partial charge in [-0.3, -0.25) is 14.4 Å². The van der Waals surface area contributed by atoms with Gasteiger partial charge in [0.15, 0.2) is 6.61 Å². The molecule has 0 aliphatic carbocycles. The fourth-order valence-electron chi connectivity index (χ4n) is 3.09. The largest absolute Gasteiger partial charge is 0.457 e. The van der Waals surface area contributed by atoms with Crippen molar-refractivity contribution in [3.8, 4) is 0 Å². The van der Waals surface area contributed by atoms with E-state index in [1.807, 2.05) is 50.2 Å². The molecule has 0 saturated carbocycles. The highest BCUT2D eigenvalue weighted by Crippen LogP contribution is 2.29. The first-order chi connectivity index (χ1) is 12.5. The Labute approximate surface area is 156 Å². The number of rotatable bonds is 6. The highest BCUT2D eigenvalue weighted by Gasteiger charge is 2.38. The van der Waals surface area contributed by atoms with Crippen LogP contribution in [0.15, 0.2) is 42.5 Å². The van der Waals surface area contributed by atoms with Crippen LogP contribution >= 0.6 is 11.3 Å². The monoisotopic (exact) mass is 371 g/mol. The Morgan fingerprint density at radius 1 is 1.23 bits per heavy atom. The molecule has 1 amide bonds. The minimum atomic E-state index is -0.522. The molecule has 0 spiro atoms. The second-order valence-corrected chi connectivity index (χ2v) is 7.76. The first kappa shape index (κ1) is 18.3. The van der Waals surface area contributed by atoms with Crippen molar-refractivity contribution < 1.29 is 19.1 Å². The number of ether oxygens (including phenoxy) is 1. The predicted octanol–water partition coefficient (Wildman–Crippen LogP) is 3.39. The van der Waals surface area contributed by atoms with Crippen molar-refractivity contribution in [1.82, 2.24) is 4.90 Å². The SMILES string of the molecule is Cc1ccc(C(=O)COC(=O)[C@@H]2CC(=O)N([C@H](C)c3ccccc3)C2)s1. The number of aryl methyl sites for hydroxylation is 1. The van der Waals surface area contributed by atoms with Crippen LogP contribution in [-0.4, -0.2) is 35.7 Å². The van der Waals surface area contributed by atoms with Crippen LogP contribution in [0.1, 0.15) is 39.5 Å². The molecule has 6 heteroatoms. The van der Waals surface area contributed by atoms with Crippen molar-refractivity contribution in [2.75, 3.05) is 13.2 Å². The van der Waals surface area contributed by atoms with E-state index in [0.29, 0.717) is 11.4 Å². The maximum Gasteiger partial charge on any atom is 0.311 e. The number of likely N-dealkylation sites (tertiary alicyclic amines) is 1. The number of hydrogen-bond acceptors (Lipinski definition) is 5. The average Bonchev–Trinajstić information content (AvgIpc) is 3.25. The number of benzene rings is 1. The van der Waals surface area contributed by atoms with Crippen molar-refractivity contribution in [2.24, 2.45) is 5.92 Å². The molecule has 1 fully saturated rings. The second kappa shape index (κ2) is 7.83. The number of esters is 1. The van der Waals surface area contributed by atoms with Crippen LogP contribution in [0, 0.1) is 12.8 Å². The predicted molar refractivity (Wildman–Crippen MR) is 99.0 cm³/mol. The van der Waals surface area contributed by atoms with E-state index in [1.165, 1.54) is 11.3 Å². The topological polar surface area (TPSA) is 63.7 Å². The highest BCUT2D eigenvalue weighted by molar-refractivity contribution is 7.14. The molecule has 0 radical (unpaired) electrons. The van der Waals surface area contributed by atoms with Gasteiger partial charge in [-0.2, -0.15) is 0 Å². The minimum Gasteiger partial charge on any atom is -0.457 e. The third-order valence-corrected chi connectivity index (χ3v) is 5.64. The van der Waals surface area contributed by atoms with Gasteiger partial charge in [0.05, 0.1) is 16.8 Å². The van der Waals surface area contributed by atoms with E-state index in [1.54, 1.807) is 11.0 Å². The van der Waals surface area contributed by atoms with Gasteiger partial charge in [0.2, 0.25) is 11.7 Å². The Kier molecular flexibility index (Phi) is 5.52. The molecule has 26 heavy (non-hydrogen) atoms. The zero-order valence-corrected chi connectivity index (χ0v) is 15.6. The maximum absolute atomic E-state index is 12.3. The van der Waals surface area contributed by atoms with Gasteiger partial charge in [0.1, 0.15) is 0 Å². The first-order valence-electron chi connectivity index (χ1n) is 8.56. The molecule has 0 bridgehead atoms. The van der Waals surface area contributed by atoms with Crippen molar-refractivity contribution in [2.45, 2.75) is 26.3 Å².